The first kappa shape index (κ1) is 13.4. The molecule has 0 aliphatic rings. The van der Waals surface area contributed by atoms with E-state index in [1.54, 1.807) is 24.7 Å². The van der Waals surface area contributed by atoms with Crippen LogP contribution in [0.15, 0.2) is 43.0 Å². The van der Waals surface area contributed by atoms with Crippen molar-refractivity contribution in [1.82, 2.24) is 19.7 Å². The number of rotatable bonds is 4. The Morgan fingerprint density at radius 3 is 2.71 bits per heavy atom. The number of carbonyl (C=O) groups excluding carboxylic acids is 1. The first-order valence-corrected chi connectivity index (χ1v) is 7.18. The molecule has 0 atom stereocenters. The molecule has 0 radical (unpaired) electrons. The fourth-order valence-corrected chi connectivity index (χ4v) is 2.46. The molecule has 1 amide bonds. The molecule has 0 unspecified atom stereocenters. The molecular weight excluding hydrogens is 286 g/mol. The smallest absolute Gasteiger partial charge is 0.257 e. The first-order chi connectivity index (χ1) is 10.2. The molecule has 0 saturated heterocycles. The van der Waals surface area contributed by atoms with E-state index in [4.69, 9.17) is 0 Å². The van der Waals surface area contributed by atoms with Crippen molar-refractivity contribution < 1.29 is 4.79 Å². The molecule has 0 saturated carbocycles. The van der Waals surface area contributed by atoms with E-state index in [1.807, 2.05) is 29.8 Å². The van der Waals surface area contributed by atoms with Crippen molar-refractivity contribution in [3.05, 3.63) is 59.1 Å². The van der Waals surface area contributed by atoms with E-state index >= 15 is 0 Å². The average Bonchev–Trinajstić information content (AvgIpc) is 3.12. The Morgan fingerprint density at radius 1 is 1.29 bits per heavy atom. The predicted octanol–water partition coefficient (Wildman–Crippen LogP) is 2.34. The number of hydrogen-bond donors (Lipinski definition) is 1. The van der Waals surface area contributed by atoms with E-state index in [2.05, 4.69) is 20.5 Å². The Bertz CT molecular complexity index is 733. The van der Waals surface area contributed by atoms with Crippen molar-refractivity contribution in [2.75, 3.05) is 5.32 Å². The van der Waals surface area contributed by atoms with Gasteiger partial charge < -0.3 is 4.57 Å². The summed E-state index contributed by atoms with van der Waals surface area (Å²) in [5.74, 6) is -0.180. The van der Waals surface area contributed by atoms with Crippen LogP contribution >= 0.6 is 11.3 Å². The van der Waals surface area contributed by atoms with Crippen LogP contribution in [0.3, 0.4) is 0 Å². The standard InChI is InChI=1S/C14H13N5OS/c1-10-17-18-14(21-10)16-13(20)12-4-2-11(3-5-12)8-19-7-6-15-9-19/h2-7,9H,8H2,1H3,(H,16,18,20). The van der Waals surface area contributed by atoms with Crippen LogP contribution in [0.5, 0.6) is 0 Å². The van der Waals surface area contributed by atoms with Gasteiger partial charge in [0, 0.05) is 24.5 Å². The van der Waals surface area contributed by atoms with E-state index < -0.39 is 0 Å². The highest BCUT2D eigenvalue weighted by Crippen LogP contribution is 2.15. The van der Waals surface area contributed by atoms with Crippen molar-refractivity contribution in [3.8, 4) is 0 Å². The normalized spacial score (nSPS) is 10.5. The lowest BCUT2D eigenvalue weighted by atomic mass is 10.1. The van der Waals surface area contributed by atoms with Gasteiger partial charge in [-0.2, -0.15) is 0 Å². The number of hydrogen-bond acceptors (Lipinski definition) is 5. The molecule has 1 aromatic carbocycles. The van der Waals surface area contributed by atoms with Gasteiger partial charge >= 0.3 is 0 Å². The van der Waals surface area contributed by atoms with Crippen LogP contribution < -0.4 is 5.32 Å². The van der Waals surface area contributed by atoms with E-state index in [9.17, 15) is 4.79 Å². The third-order valence-electron chi connectivity index (χ3n) is 2.89. The third kappa shape index (κ3) is 3.32. The average molecular weight is 299 g/mol. The molecular formula is C14H13N5OS. The summed E-state index contributed by atoms with van der Waals surface area (Å²) < 4.78 is 1.97. The lowest BCUT2D eigenvalue weighted by molar-refractivity contribution is 0.102. The second-order valence-corrected chi connectivity index (χ2v) is 5.69. The Morgan fingerprint density at radius 2 is 2.10 bits per heavy atom. The van der Waals surface area contributed by atoms with Crippen molar-refractivity contribution in [2.45, 2.75) is 13.5 Å². The highest BCUT2D eigenvalue weighted by molar-refractivity contribution is 7.15. The maximum Gasteiger partial charge on any atom is 0.257 e. The zero-order valence-corrected chi connectivity index (χ0v) is 12.2. The second kappa shape index (κ2) is 5.84. The highest BCUT2D eigenvalue weighted by Gasteiger charge is 2.09. The molecule has 0 fully saturated rings. The van der Waals surface area contributed by atoms with E-state index in [-0.39, 0.29) is 5.91 Å². The molecule has 0 spiro atoms. The molecule has 3 rings (SSSR count). The number of aryl methyl sites for hydroxylation is 1. The van der Waals surface area contributed by atoms with Gasteiger partial charge in [-0.25, -0.2) is 4.98 Å². The number of carbonyl (C=O) groups is 1. The summed E-state index contributed by atoms with van der Waals surface area (Å²) >= 11 is 1.35. The number of imidazole rings is 1. The molecule has 6 nitrogen and oxygen atoms in total. The molecule has 2 aromatic heterocycles. The molecule has 7 heteroatoms. The monoisotopic (exact) mass is 299 g/mol. The Labute approximate surface area is 125 Å². The summed E-state index contributed by atoms with van der Waals surface area (Å²) in [4.78, 5) is 16.1. The third-order valence-corrected chi connectivity index (χ3v) is 3.64. The Balaban J connectivity index is 1.67. The van der Waals surface area contributed by atoms with E-state index in [0.717, 1.165) is 17.1 Å². The lowest BCUT2D eigenvalue weighted by Gasteiger charge is -2.05. The number of benzene rings is 1. The summed E-state index contributed by atoms with van der Waals surface area (Å²) in [6, 6.07) is 7.46. The Hall–Kier alpha value is -2.54. The van der Waals surface area contributed by atoms with Crippen LogP contribution in [-0.2, 0) is 6.54 Å². The van der Waals surface area contributed by atoms with Crippen LogP contribution in [0.1, 0.15) is 20.9 Å². The number of anilines is 1. The molecule has 0 bridgehead atoms. The predicted molar refractivity (Wildman–Crippen MR) is 80.4 cm³/mol. The van der Waals surface area contributed by atoms with Crippen LogP contribution in [0.2, 0.25) is 0 Å². The van der Waals surface area contributed by atoms with Crippen molar-refractivity contribution in [3.63, 3.8) is 0 Å². The van der Waals surface area contributed by atoms with Crippen molar-refractivity contribution in [2.24, 2.45) is 0 Å². The number of aromatic nitrogens is 4. The largest absolute Gasteiger partial charge is 0.333 e. The molecule has 106 valence electrons. The number of amides is 1. The molecule has 0 aliphatic carbocycles. The zero-order chi connectivity index (χ0) is 14.7. The fourth-order valence-electron chi connectivity index (χ4n) is 1.87. The Kier molecular flexibility index (Phi) is 3.74. The summed E-state index contributed by atoms with van der Waals surface area (Å²) in [6.45, 7) is 2.58. The van der Waals surface area contributed by atoms with E-state index in [1.165, 1.54) is 11.3 Å². The van der Waals surface area contributed by atoms with Crippen LogP contribution in [0, 0.1) is 6.92 Å². The number of nitrogens with one attached hydrogen (secondary N) is 1. The van der Waals surface area contributed by atoms with Gasteiger partial charge in [0.2, 0.25) is 5.13 Å². The maximum atomic E-state index is 12.1. The van der Waals surface area contributed by atoms with Crippen LogP contribution in [0.4, 0.5) is 5.13 Å². The van der Waals surface area contributed by atoms with E-state index in [0.29, 0.717) is 10.7 Å². The quantitative estimate of drug-likeness (QED) is 0.802. The fraction of sp³-hybridized carbons (Fsp3) is 0.143. The first-order valence-electron chi connectivity index (χ1n) is 6.37. The summed E-state index contributed by atoms with van der Waals surface area (Å²) in [6.07, 6.45) is 5.41. The van der Waals surface area contributed by atoms with Gasteiger partial charge in [0.25, 0.3) is 5.91 Å². The highest BCUT2D eigenvalue weighted by atomic mass is 32.1. The minimum Gasteiger partial charge on any atom is -0.333 e. The van der Waals surface area contributed by atoms with Gasteiger partial charge in [0.1, 0.15) is 5.01 Å². The van der Waals surface area contributed by atoms with Gasteiger partial charge in [0.15, 0.2) is 0 Å². The van der Waals surface area contributed by atoms with Gasteiger partial charge in [-0.1, -0.05) is 23.5 Å². The van der Waals surface area contributed by atoms with Crippen molar-refractivity contribution >= 4 is 22.4 Å². The van der Waals surface area contributed by atoms with Gasteiger partial charge in [-0.15, -0.1) is 10.2 Å². The summed E-state index contributed by atoms with van der Waals surface area (Å²) in [5, 5.41) is 11.8. The zero-order valence-electron chi connectivity index (χ0n) is 11.4. The molecule has 1 N–H and O–H groups in total. The van der Waals surface area contributed by atoms with Gasteiger partial charge in [0.05, 0.1) is 6.33 Å². The molecule has 3 aromatic rings. The SMILES string of the molecule is Cc1nnc(NC(=O)c2ccc(Cn3ccnc3)cc2)s1. The summed E-state index contributed by atoms with van der Waals surface area (Å²) in [5.41, 5.74) is 1.70. The summed E-state index contributed by atoms with van der Waals surface area (Å²) in [7, 11) is 0. The topological polar surface area (TPSA) is 72.7 Å². The van der Waals surface area contributed by atoms with Gasteiger partial charge in [-0.05, 0) is 24.6 Å². The minimum absolute atomic E-state index is 0.180. The number of nitrogens with zero attached hydrogens (tertiary/aromatic N) is 4. The minimum atomic E-state index is -0.180. The van der Waals surface area contributed by atoms with Crippen molar-refractivity contribution in [1.29, 1.82) is 0 Å². The van der Waals surface area contributed by atoms with Crippen LogP contribution in [-0.4, -0.2) is 25.7 Å². The molecule has 0 aliphatic heterocycles. The van der Waals surface area contributed by atoms with Crippen LogP contribution in [0.25, 0.3) is 0 Å². The van der Waals surface area contributed by atoms with Gasteiger partial charge in [-0.3, -0.25) is 10.1 Å². The molecule has 21 heavy (non-hydrogen) atoms. The lowest BCUT2D eigenvalue weighted by Crippen LogP contribution is -2.11. The molecule has 2 heterocycles. The maximum absolute atomic E-state index is 12.1. The second-order valence-electron chi connectivity index (χ2n) is 4.51.